The van der Waals surface area contributed by atoms with E-state index < -0.39 is 29.5 Å². The van der Waals surface area contributed by atoms with Gasteiger partial charge in [0.05, 0.1) is 18.6 Å². The van der Waals surface area contributed by atoms with E-state index in [-0.39, 0.29) is 5.91 Å². The number of ether oxygens (including phenoxy) is 2. The predicted octanol–water partition coefficient (Wildman–Crippen LogP) is 2.85. The summed E-state index contributed by atoms with van der Waals surface area (Å²) < 4.78 is 11.7. The number of nitrogens with zero attached hydrogens (tertiary/aromatic N) is 1. The van der Waals surface area contributed by atoms with Gasteiger partial charge in [-0.05, 0) is 36.4 Å². The van der Waals surface area contributed by atoms with Gasteiger partial charge >= 0.3 is 5.97 Å². The van der Waals surface area contributed by atoms with Crippen LogP contribution in [0.5, 0.6) is 11.5 Å². The zero-order valence-corrected chi connectivity index (χ0v) is 14.3. The summed E-state index contributed by atoms with van der Waals surface area (Å²) in [6.07, 6.45) is 3.11. The molecule has 3 aliphatic rings. The lowest BCUT2D eigenvalue weighted by Crippen LogP contribution is -2.39. The van der Waals surface area contributed by atoms with E-state index in [2.05, 4.69) is 0 Å². The third-order valence-electron chi connectivity index (χ3n) is 5.51. The summed E-state index contributed by atoms with van der Waals surface area (Å²) in [7, 11) is 0. The van der Waals surface area contributed by atoms with E-state index in [1.54, 1.807) is 35.2 Å². The van der Waals surface area contributed by atoms with E-state index >= 15 is 0 Å². The molecule has 0 saturated carbocycles. The van der Waals surface area contributed by atoms with Crippen LogP contribution in [0.1, 0.15) is 0 Å². The summed E-state index contributed by atoms with van der Waals surface area (Å²) in [6, 6.07) is 16.6. The van der Waals surface area contributed by atoms with Gasteiger partial charge in [-0.15, -0.1) is 0 Å². The number of carboxylic acids is 1. The number of carboxylic acid groups (broad SMARTS) is 1. The zero-order valence-electron chi connectivity index (χ0n) is 14.3. The Bertz CT molecular complexity index is 939. The molecule has 6 nitrogen and oxygen atoms in total. The third-order valence-corrected chi connectivity index (χ3v) is 5.51. The van der Waals surface area contributed by atoms with Crippen LogP contribution in [-0.4, -0.2) is 35.2 Å². The normalized spacial score (nSPS) is 30.6. The van der Waals surface area contributed by atoms with Crippen LogP contribution in [0, 0.1) is 11.8 Å². The van der Waals surface area contributed by atoms with Gasteiger partial charge in [0.1, 0.15) is 23.0 Å². The molecule has 4 unspecified atom stereocenters. The van der Waals surface area contributed by atoms with Crippen LogP contribution in [0.4, 0.5) is 5.69 Å². The smallest absolute Gasteiger partial charge is 0.310 e. The van der Waals surface area contributed by atoms with Crippen molar-refractivity contribution < 1.29 is 24.2 Å². The summed E-state index contributed by atoms with van der Waals surface area (Å²) >= 11 is 0. The molecule has 0 aliphatic carbocycles. The van der Waals surface area contributed by atoms with Crippen molar-refractivity contribution in [2.45, 2.75) is 11.7 Å². The lowest BCUT2D eigenvalue weighted by Gasteiger charge is -2.21. The maximum Gasteiger partial charge on any atom is 0.310 e. The molecule has 4 atom stereocenters. The number of hydrogen-bond donors (Lipinski definition) is 1. The fourth-order valence-electron chi connectivity index (χ4n) is 4.32. The van der Waals surface area contributed by atoms with Crippen LogP contribution in [0.3, 0.4) is 0 Å². The van der Waals surface area contributed by atoms with E-state index in [0.717, 1.165) is 5.75 Å². The molecular formula is C21H17NO5. The quantitative estimate of drug-likeness (QED) is 0.846. The van der Waals surface area contributed by atoms with Crippen LogP contribution < -0.4 is 9.64 Å². The van der Waals surface area contributed by atoms with Gasteiger partial charge in [0, 0.05) is 5.69 Å². The number of amides is 1. The number of para-hydroxylation sites is 1. The second kappa shape index (κ2) is 5.69. The Kier molecular flexibility index (Phi) is 3.39. The molecule has 5 rings (SSSR count). The van der Waals surface area contributed by atoms with Gasteiger partial charge in [0.25, 0.3) is 0 Å². The number of aliphatic carboxylic acids is 1. The second-order valence-electron chi connectivity index (χ2n) is 7.07. The average molecular weight is 363 g/mol. The number of rotatable bonds is 4. The molecule has 3 aliphatic heterocycles. The van der Waals surface area contributed by atoms with Crippen molar-refractivity contribution in [3.8, 4) is 11.5 Å². The van der Waals surface area contributed by atoms with E-state index in [4.69, 9.17) is 9.47 Å². The van der Waals surface area contributed by atoms with Gasteiger partial charge in [-0.25, -0.2) is 0 Å². The molecule has 1 amide bonds. The summed E-state index contributed by atoms with van der Waals surface area (Å²) in [5.41, 5.74) is -0.127. The standard InChI is InChI=1S/C21H17NO5/c23-19-18-17(20(24)25)16-10-11-21(18,27-16)12-22(19)13-6-8-15(9-7-13)26-14-4-2-1-3-5-14/h1-11,16-18H,12H2,(H,24,25). The van der Waals surface area contributed by atoms with Crippen LogP contribution in [0.15, 0.2) is 66.7 Å². The molecule has 0 radical (unpaired) electrons. The first-order valence-electron chi connectivity index (χ1n) is 8.82. The molecule has 2 aromatic carbocycles. The number of carbonyl (C=O) groups excluding carboxylic acids is 1. The Morgan fingerprint density at radius 3 is 2.52 bits per heavy atom. The van der Waals surface area contributed by atoms with Crippen molar-refractivity contribution >= 4 is 17.6 Å². The Balaban J connectivity index is 1.39. The Morgan fingerprint density at radius 1 is 1.11 bits per heavy atom. The molecule has 1 N–H and O–H groups in total. The minimum absolute atomic E-state index is 0.203. The summed E-state index contributed by atoms with van der Waals surface area (Å²) in [4.78, 5) is 26.2. The first-order valence-corrected chi connectivity index (χ1v) is 8.82. The maximum absolute atomic E-state index is 13.0. The van der Waals surface area contributed by atoms with Gasteiger partial charge in [0.15, 0.2) is 0 Å². The van der Waals surface area contributed by atoms with E-state index in [9.17, 15) is 14.7 Å². The first-order chi connectivity index (χ1) is 13.1. The molecule has 3 heterocycles. The molecular weight excluding hydrogens is 346 g/mol. The molecule has 2 saturated heterocycles. The lowest BCUT2D eigenvalue weighted by atomic mass is 9.77. The molecule has 0 aromatic heterocycles. The van der Waals surface area contributed by atoms with Crippen LogP contribution in [0.2, 0.25) is 0 Å². The highest BCUT2D eigenvalue weighted by molar-refractivity contribution is 6.02. The fraction of sp³-hybridized carbons (Fsp3) is 0.238. The first kappa shape index (κ1) is 16.1. The number of fused-ring (bicyclic) bond motifs is 1. The molecule has 1 spiro atoms. The second-order valence-corrected chi connectivity index (χ2v) is 7.07. The Hall–Kier alpha value is -3.12. The minimum atomic E-state index is -0.988. The minimum Gasteiger partial charge on any atom is -0.481 e. The number of carbonyl (C=O) groups is 2. The van der Waals surface area contributed by atoms with Crippen LogP contribution in [-0.2, 0) is 14.3 Å². The maximum atomic E-state index is 13.0. The van der Waals surface area contributed by atoms with E-state index in [0.29, 0.717) is 18.0 Å². The molecule has 27 heavy (non-hydrogen) atoms. The van der Waals surface area contributed by atoms with Crippen molar-refractivity contribution in [3.05, 3.63) is 66.7 Å². The van der Waals surface area contributed by atoms with Crippen molar-refractivity contribution in [2.24, 2.45) is 11.8 Å². The van der Waals surface area contributed by atoms with Gasteiger partial charge in [-0.3, -0.25) is 9.59 Å². The molecule has 2 bridgehead atoms. The van der Waals surface area contributed by atoms with Crippen molar-refractivity contribution in [3.63, 3.8) is 0 Å². The Labute approximate surface area is 155 Å². The van der Waals surface area contributed by atoms with Crippen LogP contribution in [0.25, 0.3) is 0 Å². The average Bonchev–Trinajstić information content (AvgIpc) is 3.31. The highest BCUT2D eigenvalue weighted by Gasteiger charge is 2.67. The predicted molar refractivity (Wildman–Crippen MR) is 96.7 cm³/mol. The van der Waals surface area contributed by atoms with Crippen molar-refractivity contribution in [1.29, 1.82) is 0 Å². The third kappa shape index (κ3) is 2.37. The highest BCUT2D eigenvalue weighted by Crippen LogP contribution is 2.52. The number of hydrogen-bond acceptors (Lipinski definition) is 4. The number of anilines is 1. The topological polar surface area (TPSA) is 76.1 Å². The van der Waals surface area contributed by atoms with Gasteiger partial charge in [-0.1, -0.05) is 30.4 Å². The highest BCUT2D eigenvalue weighted by atomic mass is 16.5. The zero-order chi connectivity index (χ0) is 18.6. The lowest BCUT2D eigenvalue weighted by molar-refractivity contribution is -0.146. The van der Waals surface area contributed by atoms with E-state index in [1.807, 2.05) is 36.4 Å². The van der Waals surface area contributed by atoms with Gasteiger partial charge in [-0.2, -0.15) is 0 Å². The van der Waals surface area contributed by atoms with E-state index in [1.165, 1.54) is 0 Å². The monoisotopic (exact) mass is 363 g/mol. The largest absolute Gasteiger partial charge is 0.481 e. The summed E-state index contributed by atoms with van der Waals surface area (Å²) in [5.74, 6) is -1.30. The van der Waals surface area contributed by atoms with Crippen molar-refractivity contribution in [1.82, 2.24) is 0 Å². The molecule has 136 valence electrons. The summed E-state index contributed by atoms with van der Waals surface area (Å²) in [6.45, 7) is 0.326. The Morgan fingerprint density at radius 2 is 1.81 bits per heavy atom. The molecule has 2 fully saturated rings. The van der Waals surface area contributed by atoms with Gasteiger partial charge in [0.2, 0.25) is 5.91 Å². The fourth-order valence-corrected chi connectivity index (χ4v) is 4.32. The van der Waals surface area contributed by atoms with Gasteiger partial charge < -0.3 is 19.5 Å². The van der Waals surface area contributed by atoms with Crippen LogP contribution >= 0.6 is 0 Å². The molecule has 6 heteroatoms. The SMILES string of the molecule is O=C(O)C1C2C=CC3(CN(c4ccc(Oc5ccccc5)cc4)C(=O)C13)O2. The molecule has 2 aromatic rings. The summed E-state index contributed by atoms with van der Waals surface area (Å²) in [5, 5.41) is 9.53. The van der Waals surface area contributed by atoms with Crippen molar-refractivity contribution in [2.75, 3.05) is 11.4 Å². The number of benzene rings is 2.